The fourth-order valence-electron chi connectivity index (χ4n) is 3.63. The van der Waals surface area contributed by atoms with Gasteiger partial charge in [0.1, 0.15) is 11.5 Å². The molecule has 0 amide bonds. The van der Waals surface area contributed by atoms with Gasteiger partial charge in [0.25, 0.3) is 0 Å². The van der Waals surface area contributed by atoms with Gasteiger partial charge < -0.3 is 9.29 Å². The maximum absolute atomic E-state index is 9.89. The Kier molecular flexibility index (Phi) is 5.87. The first-order chi connectivity index (χ1) is 11.4. The van der Waals surface area contributed by atoms with Crippen LogP contribution in [0, 0.1) is 20.8 Å². The summed E-state index contributed by atoms with van der Waals surface area (Å²) in [6.07, 6.45) is 3.96. The highest BCUT2D eigenvalue weighted by molar-refractivity contribution is 7.94. The van der Waals surface area contributed by atoms with Crippen LogP contribution in [0.15, 0.2) is 30.3 Å². The molecule has 0 bridgehead atoms. The van der Waals surface area contributed by atoms with E-state index in [1.807, 2.05) is 19.2 Å². The van der Waals surface area contributed by atoms with E-state index < -0.39 is 0 Å². The quantitative estimate of drug-likeness (QED) is 0.644. The van der Waals surface area contributed by atoms with E-state index in [9.17, 15) is 5.11 Å². The van der Waals surface area contributed by atoms with Crippen LogP contribution in [0.25, 0.3) is 0 Å². The van der Waals surface area contributed by atoms with Gasteiger partial charge in [-0.15, -0.1) is 0 Å². The van der Waals surface area contributed by atoms with E-state index in [1.165, 1.54) is 34.3 Å². The van der Waals surface area contributed by atoms with E-state index >= 15 is 0 Å². The summed E-state index contributed by atoms with van der Waals surface area (Å²) in [7, 11) is 0. The minimum absolute atomic E-state index is 0.0497. The number of phenols is 1. The summed E-state index contributed by atoms with van der Waals surface area (Å²) >= 11 is 1.38. The topological polar surface area (TPSA) is 29.5 Å². The zero-order valence-corrected chi connectivity index (χ0v) is 16.4. The third kappa shape index (κ3) is 3.27. The maximum Gasteiger partial charge on any atom is 0.143 e. The van der Waals surface area contributed by atoms with Crippen molar-refractivity contribution in [2.75, 3.05) is 6.26 Å². The molecule has 0 aliphatic rings. The molecule has 0 aromatic heterocycles. The van der Waals surface area contributed by atoms with E-state index in [2.05, 4.69) is 52.0 Å². The summed E-state index contributed by atoms with van der Waals surface area (Å²) in [5, 5.41) is 9.89. The van der Waals surface area contributed by atoms with Crippen molar-refractivity contribution in [3.05, 3.63) is 58.1 Å². The number of phenolic OH excluding ortho intramolecular Hbond substituents is 1. The Labute approximate surface area is 150 Å². The molecule has 0 fully saturated rings. The summed E-state index contributed by atoms with van der Waals surface area (Å²) in [6, 6.07) is 10.5. The van der Waals surface area contributed by atoms with Crippen LogP contribution in [0.2, 0.25) is 0 Å². The zero-order chi connectivity index (χ0) is 17.9. The normalized spacial score (nSPS) is 11.6. The second-order valence-electron chi connectivity index (χ2n) is 6.48. The van der Waals surface area contributed by atoms with Crippen molar-refractivity contribution in [1.82, 2.24) is 0 Å². The lowest BCUT2D eigenvalue weighted by Crippen LogP contribution is -2.26. The summed E-state index contributed by atoms with van der Waals surface area (Å²) < 4.78 is 5.73. The highest BCUT2D eigenvalue weighted by Crippen LogP contribution is 2.42. The molecule has 0 unspecified atom stereocenters. The molecule has 0 saturated heterocycles. The van der Waals surface area contributed by atoms with Gasteiger partial charge in [0.2, 0.25) is 0 Å². The fraction of sp³-hybridized carbons (Fsp3) is 0.429. The minimum atomic E-state index is -0.0497. The maximum atomic E-state index is 9.89. The Morgan fingerprint density at radius 3 is 1.92 bits per heavy atom. The molecule has 2 aromatic rings. The summed E-state index contributed by atoms with van der Waals surface area (Å²) in [6.45, 7) is 10.7. The number of hydrogen-bond acceptors (Lipinski definition) is 3. The van der Waals surface area contributed by atoms with E-state index in [0.717, 1.165) is 24.2 Å². The molecule has 130 valence electrons. The summed E-state index contributed by atoms with van der Waals surface area (Å²) in [5.74, 6) is 1.32. The Morgan fingerprint density at radius 2 is 1.46 bits per heavy atom. The zero-order valence-electron chi connectivity index (χ0n) is 15.6. The molecule has 0 saturated carbocycles. The predicted octanol–water partition coefficient (Wildman–Crippen LogP) is 6.08. The van der Waals surface area contributed by atoms with Crippen molar-refractivity contribution in [3.63, 3.8) is 0 Å². The molecule has 0 atom stereocenters. The second kappa shape index (κ2) is 7.52. The molecule has 2 nitrogen and oxygen atoms in total. The van der Waals surface area contributed by atoms with Gasteiger partial charge >= 0.3 is 0 Å². The van der Waals surface area contributed by atoms with Crippen LogP contribution in [0.3, 0.4) is 0 Å². The SMILES string of the molecule is CCC(CC)(c1ccc(O)c(C)c1)c1cc(C)c(OSC)c(C)c1. The summed E-state index contributed by atoms with van der Waals surface area (Å²) in [4.78, 5) is 0. The van der Waals surface area contributed by atoms with E-state index in [1.54, 1.807) is 0 Å². The number of rotatable bonds is 6. The van der Waals surface area contributed by atoms with Crippen molar-refractivity contribution in [1.29, 1.82) is 0 Å². The van der Waals surface area contributed by atoms with Gasteiger partial charge in [0.15, 0.2) is 0 Å². The standard InChI is InChI=1S/C21H28O2S/c1-7-21(8-2,17-9-10-19(22)14(3)11-17)18-12-15(4)20(23-24-6)16(5)13-18/h9-13,22H,7-8H2,1-6H3. The van der Waals surface area contributed by atoms with Gasteiger partial charge in [0.05, 0.1) is 12.0 Å². The predicted molar refractivity (Wildman–Crippen MR) is 104 cm³/mol. The van der Waals surface area contributed by atoms with Gasteiger partial charge in [-0.1, -0.05) is 38.1 Å². The minimum Gasteiger partial charge on any atom is -0.508 e. The molecule has 0 aliphatic carbocycles. The lowest BCUT2D eigenvalue weighted by molar-refractivity contribution is 0.461. The average molecular weight is 345 g/mol. The molecule has 3 heteroatoms. The van der Waals surface area contributed by atoms with Crippen molar-refractivity contribution in [2.45, 2.75) is 52.9 Å². The van der Waals surface area contributed by atoms with Crippen LogP contribution in [-0.4, -0.2) is 11.4 Å². The van der Waals surface area contributed by atoms with Crippen LogP contribution in [0.1, 0.15) is 54.5 Å². The van der Waals surface area contributed by atoms with E-state index in [0.29, 0.717) is 5.75 Å². The van der Waals surface area contributed by atoms with Gasteiger partial charge in [-0.25, -0.2) is 0 Å². The van der Waals surface area contributed by atoms with Crippen LogP contribution < -0.4 is 4.18 Å². The van der Waals surface area contributed by atoms with Gasteiger partial charge in [-0.3, -0.25) is 0 Å². The highest BCUT2D eigenvalue weighted by Gasteiger charge is 2.32. The lowest BCUT2D eigenvalue weighted by atomic mass is 9.69. The lowest BCUT2D eigenvalue weighted by Gasteiger charge is -2.34. The average Bonchev–Trinajstić information content (AvgIpc) is 2.56. The molecule has 0 aliphatic heterocycles. The monoisotopic (exact) mass is 344 g/mol. The van der Waals surface area contributed by atoms with E-state index in [4.69, 9.17) is 4.18 Å². The molecule has 1 N–H and O–H groups in total. The van der Waals surface area contributed by atoms with Crippen LogP contribution >= 0.6 is 12.0 Å². The largest absolute Gasteiger partial charge is 0.508 e. The van der Waals surface area contributed by atoms with Gasteiger partial charge in [-0.05, 0) is 67.5 Å². The van der Waals surface area contributed by atoms with Crippen LogP contribution in [0.4, 0.5) is 0 Å². The van der Waals surface area contributed by atoms with Gasteiger partial charge in [-0.2, -0.15) is 0 Å². The number of aryl methyl sites for hydroxylation is 3. The molecule has 24 heavy (non-hydrogen) atoms. The number of aromatic hydroxyl groups is 1. The first-order valence-corrected chi connectivity index (χ1v) is 9.67. The fourth-order valence-corrected chi connectivity index (χ4v) is 4.06. The highest BCUT2D eigenvalue weighted by atomic mass is 32.2. The van der Waals surface area contributed by atoms with Crippen molar-refractivity contribution in [2.24, 2.45) is 0 Å². The van der Waals surface area contributed by atoms with Crippen LogP contribution in [0.5, 0.6) is 11.5 Å². The molecular weight excluding hydrogens is 316 g/mol. The Balaban J connectivity index is 2.64. The molecule has 2 rings (SSSR count). The number of hydrogen-bond donors (Lipinski definition) is 1. The van der Waals surface area contributed by atoms with E-state index in [-0.39, 0.29) is 5.41 Å². The van der Waals surface area contributed by atoms with Crippen molar-refractivity contribution < 1.29 is 9.29 Å². The molecule has 0 spiro atoms. The Hall–Kier alpha value is -1.61. The second-order valence-corrected chi connectivity index (χ2v) is 6.98. The van der Waals surface area contributed by atoms with Crippen molar-refractivity contribution >= 4 is 12.0 Å². The third-order valence-corrected chi connectivity index (χ3v) is 5.47. The molecule has 2 aromatic carbocycles. The smallest absolute Gasteiger partial charge is 0.143 e. The Bertz CT molecular complexity index is 695. The first kappa shape index (κ1) is 18.7. The first-order valence-electron chi connectivity index (χ1n) is 8.52. The number of benzene rings is 2. The third-order valence-electron chi connectivity index (χ3n) is 5.14. The molecule has 0 heterocycles. The van der Waals surface area contributed by atoms with Crippen molar-refractivity contribution in [3.8, 4) is 11.5 Å². The van der Waals surface area contributed by atoms with Gasteiger partial charge in [0, 0.05) is 11.7 Å². The summed E-state index contributed by atoms with van der Waals surface area (Å²) in [5.41, 5.74) is 5.80. The molecule has 0 radical (unpaired) electrons. The van der Waals surface area contributed by atoms with Crippen LogP contribution in [-0.2, 0) is 5.41 Å². The molecular formula is C21H28O2S. The Morgan fingerprint density at radius 1 is 0.917 bits per heavy atom.